The minimum absolute atomic E-state index is 0.234. The van der Waals surface area contributed by atoms with E-state index in [1.807, 2.05) is 13.2 Å². The van der Waals surface area contributed by atoms with Gasteiger partial charge in [-0.25, -0.2) is 4.98 Å². The van der Waals surface area contributed by atoms with Crippen LogP contribution in [0.15, 0.2) is 0 Å². The van der Waals surface area contributed by atoms with E-state index in [0.29, 0.717) is 17.3 Å². The molecule has 1 rings (SSSR count). The van der Waals surface area contributed by atoms with E-state index >= 15 is 0 Å². The van der Waals surface area contributed by atoms with Gasteiger partial charge in [-0.3, -0.25) is 0 Å². The Balaban J connectivity index is 2.93. The van der Waals surface area contributed by atoms with E-state index in [9.17, 15) is 13.2 Å². The van der Waals surface area contributed by atoms with Crippen molar-refractivity contribution in [3.05, 3.63) is 15.6 Å². The van der Waals surface area contributed by atoms with Crippen molar-refractivity contribution in [3.63, 3.8) is 0 Å². The molecule has 0 aliphatic heterocycles. The summed E-state index contributed by atoms with van der Waals surface area (Å²) in [4.78, 5) is 3.93. The van der Waals surface area contributed by atoms with Gasteiger partial charge in [-0.05, 0) is 12.8 Å². The van der Waals surface area contributed by atoms with Gasteiger partial charge in [-0.1, -0.05) is 6.92 Å². The third-order valence-electron chi connectivity index (χ3n) is 1.81. The average Bonchev–Trinajstić information content (AvgIpc) is 2.58. The van der Waals surface area contributed by atoms with E-state index in [0.717, 1.165) is 11.3 Å². The Labute approximate surface area is 101 Å². The molecule has 0 bridgehead atoms. The second-order valence-corrected chi connectivity index (χ2v) is 5.12. The molecule has 0 radical (unpaired) electrons. The minimum atomic E-state index is -4.35. The van der Waals surface area contributed by atoms with E-state index in [4.69, 9.17) is 0 Å². The van der Waals surface area contributed by atoms with E-state index < -0.39 is 11.9 Å². The molecule has 2 nitrogen and oxygen atoms in total. The van der Waals surface area contributed by atoms with Crippen LogP contribution in [0.25, 0.3) is 0 Å². The van der Waals surface area contributed by atoms with Crippen LogP contribution >= 0.6 is 23.1 Å². The zero-order valence-electron chi connectivity index (χ0n) is 9.02. The summed E-state index contributed by atoms with van der Waals surface area (Å²) >= 11 is 2.61. The van der Waals surface area contributed by atoms with E-state index in [1.165, 1.54) is 11.8 Å². The molecule has 0 unspecified atom stereocenters. The number of thioether (sulfide) groups is 1. The Kier molecular flexibility index (Phi) is 5.07. The first kappa shape index (κ1) is 13.8. The number of rotatable bonds is 5. The fourth-order valence-corrected chi connectivity index (χ4v) is 2.92. The highest BCUT2D eigenvalue weighted by molar-refractivity contribution is 7.97. The summed E-state index contributed by atoms with van der Waals surface area (Å²) in [6, 6.07) is 0. The predicted molar refractivity (Wildman–Crippen MR) is 61.7 cm³/mol. The molecule has 0 saturated carbocycles. The molecule has 0 aliphatic rings. The van der Waals surface area contributed by atoms with Gasteiger partial charge >= 0.3 is 6.18 Å². The molecule has 0 saturated heterocycles. The molecule has 1 aromatic heterocycles. The van der Waals surface area contributed by atoms with Crippen molar-refractivity contribution in [2.75, 3.05) is 12.8 Å². The molecule has 1 heterocycles. The fraction of sp³-hybridized carbons (Fsp3) is 0.667. The topological polar surface area (TPSA) is 24.9 Å². The van der Waals surface area contributed by atoms with Crippen molar-refractivity contribution in [2.45, 2.75) is 25.4 Å². The Morgan fingerprint density at radius 3 is 2.62 bits per heavy atom. The first-order valence-corrected chi connectivity index (χ1v) is 6.95. The van der Waals surface area contributed by atoms with Crippen LogP contribution in [-0.4, -0.2) is 17.8 Å². The molecule has 1 aromatic rings. The van der Waals surface area contributed by atoms with Crippen molar-refractivity contribution in [2.24, 2.45) is 0 Å². The second-order valence-electron chi connectivity index (χ2n) is 3.09. The van der Waals surface area contributed by atoms with Crippen LogP contribution in [0.1, 0.15) is 22.5 Å². The number of hydrogen-bond acceptors (Lipinski definition) is 4. The standard InChI is InChI=1S/C9H13F3N2S2/c1-3-13-4-6-8(9(10,11)12)14-7(16-6)5-15-2/h13H,3-5H2,1-2H3. The maximum atomic E-state index is 12.6. The zero-order chi connectivity index (χ0) is 12.2. The number of thiazole rings is 1. The molecule has 0 amide bonds. The van der Waals surface area contributed by atoms with Gasteiger partial charge < -0.3 is 5.32 Å². The van der Waals surface area contributed by atoms with Crippen LogP contribution in [0.4, 0.5) is 13.2 Å². The number of alkyl halides is 3. The maximum absolute atomic E-state index is 12.6. The van der Waals surface area contributed by atoms with Gasteiger partial charge in [0.05, 0.1) is 4.88 Å². The monoisotopic (exact) mass is 270 g/mol. The van der Waals surface area contributed by atoms with Gasteiger partial charge in [-0.15, -0.1) is 11.3 Å². The van der Waals surface area contributed by atoms with Crippen LogP contribution in [0.2, 0.25) is 0 Å². The van der Waals surface area contributed by atoms with Crippen molar-refractivity contribution >= 4 is 23.1 Å². The number of halogens is 3. The SMILES string of the molecule is CCNCc1sc(CSC)nc1C(F)(F)F. The molecule has 0 fully saturated rings. The molecular weight excluding hydrogens is 257 g/mol. The molecule has 7 heteroatoms. The molecule has 16 heavy (non-hydrogen) atoms. The van der Waals surface area contributed by atoms with Crippen molar-refractivity contribution in [1.82, 2.24) is 10.3 Å². The van der Waals surface area contributed by atoms with Crippen LogP contribution < -0.4 is 5.32 Å². The normalized spacial score (nSPS) is 12.1. The summed E-state index contributed by atoms with van der Waals surface area (Å²) in [5.41, 5.74) is -0.734. The van der Waals surface area contributed by atoms with Gasteiger partial charge in [0, 0.05) is 12.3 Å². The molecule has 0 atom stereocenters. The molecule has 0 aromatic carbocycles. The van der Waals surface area contributed by atoms with Crippen molar-refractivity contribution in [3.8, 4) is 0 Å². The van der Waals surface area contributed by atoms with Crippen molar-refractivity contribution in [1.29, 1.82) is 0 Å². The van der Waals surface area contributed by atoms with Crippen LogP contribution in [0.3, 0.4) is 0 Å². The van der Waals surface area contributed by atoms with Gasteiger partial charge in [-0.2, -0.15) is 24.9 Å². The van der Waals surface area contributed by atoms with Crippen LogP contribution in [0, 0.1) is 0 Å². The van der Waals surface area contributed by atoms with Crippen LogP contribution in [0.5, 0.6) is 0 Å². The van der Waals surface area contributed by atoms with Crippen molar-refractivity contribution < 1.29 is 13.2 Å². The molecule has 1 N–H and O–H groups in total. The third-order valence-corrected chi connectivity index (χ3v) is 3.61. The summed E-state index contributed by atoms with van der Waals surface area (Å²) in [7, 11) is 0. The Morgan fingerprint density at radius 1 is 1.44 bits per heavy atom. The molecule has 0 aliphatic carbocycles. The first-order chi connectivity index (χ1) is 7.49. The highest BCUT2D eigenvalue weighted by atomic mass is 32.2. The summed E-state index contributed by atoms with van der Waals surface area (Å²) in [5, 5.41) is 3.43. The van der Waals surface area contributed by atoms with Gasteiger partial charge in [0.1, 0.15) is 5.01 Å². The Bertz CT molecular complexity index is 336. The highest BCUT2D eigenvalue weighted by Gasteiger charge is 2.37. The molecular formula is C9H13F3N2S2. The highest BCUT2D eigenvalue weighted by Crippen LogP contribution is 2.35. The van der Waals surface area contributed by atoms with Gasteiger partial charge in [0.15, 0.2) is 5.69 Å². The first-order valence-electron chi connectivity index (χ1n) is 4.74. The lowest BCUT2D eigenvalue weighted by Gasteiger charge is -2.05. The quantitative estimate of drug-likeness (QED) is 0.889. The van der Waals surface area contributed by atoms with Crippen LogP contribution in [-0.2, 0) is 18.5 Å². The number of hydrogen-bond donors (Lipinski definition) is 1. The van der Waals surface area contributed by atoms with E-state index in [1.54, 1.807) is 0 Å². The van der Waals surface area contributed by atoms with Gasteiger partial charge in [0.2, 0.25) is 0 Å². The average molecular weight is 270 g/mol. The van der Waals surface area contributed by atoms with E-state index in [2.05, 4.69) is 10.3 Å². The minimum Gasteiger partial charge on any atom is -0.312 e. The summed E-state index contributed by atoms with van der Waals surface area (Å²) in [6.07, 6.45) is -2.50. The Morgan fingerprint density at radius 2 is 2.12 bits per heavy atom. The lowest BCUT2D eigenvalue weighted by atomic mass is 10.3. The molecule has 0 spiro atoms. The largest absolute Gasteiger partial charge is 0.434 e. The number of nitrogens with zero attached hydrogens (tertiary/aromatic N) is 1. The predicted octanol–water partition coefficient (Wildman–Crippen LogP) is 3.13. The zero-order valence-corrected chi connectivity index (χ0v) is 10.7. The molecule has 92 valence electrons. The third kappa shape index (κ3) is 3.64. The fourth-order valence-electron chi connectivity index (χ4n) is 1.17. The number of aromatic nitrogens is 1. The van der Waals surface area contributed by atoms with E-state index in [-0.39, 0.29) is 11.4 Å². The smallest absolute Gasteiger partial charge is 0.312 e. The lowest BCUT2D eigenvalue weighted by molar-refractivity contribution is -0.141. The summed E-state index contributed by atoms with van der Waals surface area (Å²) in [6.45, 7) is 2.74. The van der Waals surface area contributed by atoms with Gasteiger partial charge in [0.25, 0.3) is 0 Å². The second kappa shape index (κ2) is 5.88. The lowest BCUT2D eigenvalue weighted by Crippen LogP contribution is -2.15. The number of nitrogens with one attached hydrogen (secondary N) is 1. The summed E-state index contributed by atoms with van der Waals surface area (Å²) < 4.78 is 37.9. The Hall–Kier alpha value is -0.270. The maximum Gasteiger partial charge on any atom is 0.434 e. The summed E-state index contributed by atoms with van der Waals surface area (Å²) in [5.74, 6) is 0.528.